The Bertz CT molecular complexity index is 761. The van der Waals surface area contributed by atoms with E-state index in [1.807, 2.05) is 12.1 Å². The molecule has 0 aliphatic heterocycles. The molecule has 0 aliphatic rings. The molecule has 2 rings (SSSR count). The summed E-state index contributed by atoms with van der Waals surface area (Å²) in [7, 11) is 1.57. The zero-order valence-electron chi connectivity index (χ0n) is 13.8. The van der Waals surface area contributed by atoms with Gasteiger partial charge in [-0.05, 0) is 42.8 Å². The molecular weight excluding hydrogens is 346 g/mol. The van der Waals surface area contributed by atoms with Gasteiger partial charge in [-0.25, -0.2) is 4.79 Å². The second kappa shape index (κ2) is 8.39. The molecule has 0 fully saturated rings. The van der Waals surface area contributed by atoms with Crippen LogP contribution in [0.25, 0.3) is 0 Å². The Hall–Kier alpha value is -2.73. The van der Waals surface area contributed by atoms with Gasteiger partial charge in [0.05, 0.1) is 7.11 Å². The monoisotopic (exact) mass is 363 g/mol. The number of nitrogens with one attached hydrogen (secondary N) is 1. The van der Waals surface area contributed by atoms with Crippen LogP contribution in [0.1, 0.15) is 22.8 Å². The number of benzene rings is 2. The normalized spacial score (nSPS) is 11.5. The van der Waals surface area contributed by atoms with Gasteiger partial charge in [0.25, 0.3) is 5.91 Å². The number of rotatable bonds is 6. The minimum Gasteiger partial charge on any atom is -0.507 e. The predicted octanol–water partition coefficient (Wildman–Crippen LogP) is 2.92. The first-order valence-corrected chi connectivity index (χ1v) is 7.88. The maximum Gasteiger partial charge on any atom is 0.342 e. The number of ether oxygens (including phenoxy) is 2. The number of phenolic OH excluding ortho intramolecular Hbond substituents is 1. The lowest BCUT2D eigenvalue weighted by Crippen LogP contribution is -2.35. The Labute approximate surface area is 150 Å². The third kappa shape index (κ3) is 5.12. The van der Waals surface area contributed by atoms with Crippen molar-refractivity contribution in [2.24, 2.45) is 0 Å². The van der Waals surface area contributed by atoms with Crippen LogP contribution in [0.5, 0.6) is 11.5 Å². The van der Waals surface area contributed by atoms with Crippen molar-refractivity contribution in [3.63, 3.8) is 0 Å². The molecule has 0 saturated heterocycles. The molecule has 132 valence electrons. The molecule has 25 heavy (non-hydrogen) atoms. The molecule has 1 amide bonds. The fourth-order valence-electron chi connectivity index (χ4n) is 2.03. The van der Waals surface area contributed by atoms with E-state index in [0.717, 1.165) is 11.3 Å². The summed E-state index contributed by atoms with van der Waals surface area (Å²) in [5.41, 5.74) is 0.780. The van der Waals surface area contributed by atoms with E-state index in [2.05, 4.69) is 5.32 Å². The quantitative estimate of drug-likeness (QED) is 0.771. The Morgan fingerprint density at radius 2 is 1.88 bits per heavy atom. The van der Waals surface area contributed by atoms with E-state index in [1.54, 1.807) is 19.2 Å². The first kappa shape index (κ1) is 18.6. The maximum atomic E-state index is 12.1. The van der Waals surface area contributed by atoms with Crippen LogP contribution in [-0.4, -0.2) is 30.2 Å². The summed E-state index contributed by atoms with van der Waals surface area (Å²) in [6.07, 6.45) is -1.02. The van der Waals surface area contributed by atoms with E-state index >= 15 is 0 Å². The Balaban J connectivity index is 1.90. The molecule has 2 N–H and O–H groups in total. The fraction of sp³-hybridized carbons (Fsp3) is 0.222. The van der Waals surface area contributed by atoms with E-state index in [0.29, 0.717) is 0 Å². The highest BCUT2D eigenvalue weighted by Gasteiger charge is 2.21. The lowest BCUT2D eigenvalue weighted by molar-refractivity contribution is -0.129. The van der Waals surface area contributed by atoms with Crippen LogP contribution in [0, 0.1) is 0 Å². The lowest BCUT2D eigenvalue weighted by Gasteiger charge is -2.14. The number of hydrogen-bond acceptors (Lipinski definition) is 5. The summed E-state index contributed by atoms with van der Waals surface area (Å²) in [4.78, 5) is 24.1. The highest BCUT2D eigenvalue weighted by Crippen LogP contribution is 2.22. The van der Waals surface area contributed by atoms with Crippen LogP contribution in [0.2, 0.25) is 5.02 Å². The van der Waals surface area contributed by atoms with E-state index < -0.39 is 18.0 Å². The second-order valence-electron chi connectivity index (χ2n) is 5.27. The third-order valence-corrected chi connectivity index (χ3v) is 3.69. The predicted molar refractivity (Wildman–Crippen MR) is 92.8 cm³/mol. The zero-order valence-corrected chi connectivity index (χ0v) is 14.5. The van der Waals surface area contributed by atoms with Gasteiger partial charge in [0.1, 0.15) is 17.1 Å². The summed E-state index contributed by atoms with van der Waals surface area (Å²) in [5, 5.41) is 12.6. The summed E-state index contributed by atoms with van der Waals surface area (Å²) >= 11 is 5.79. The van der Waals surface area contributed by atoms with Crippen molar-refractivity contribution in [2.75, 3.05) is 7.11 Å². The minimum absolute atomic E-state index is 0.0951. The van der Waals surface area contributed by atoms with Gasteiger partial charge < -0.3 is 19.9 Å². The average Bonchev–Trinajstić information content (AvgIpc) is 2.61. The van der Waals surface area contributed by atoms with Crippen LogP contribution < -0.4 is 10.1 Å². The van der Waals surface area contributed by atoms with E-state index in [-0.39, 0.29) is 22.9 Å². The molecule has 1 unspecified atom stereocenters. The highest BCUT2D eigenvalue weighted by molar-refractivity contribution is 6.31. The van der Waals surface area contributed by atoms with Crippen LogP contribution in [0.15, 0.2) is 42.5 Å². The molecule has 0 spiro atoms. The standard InChI is InChI=1S/C18H18ClNO5/c1-11(25-18(23)15-9-13(19)5-8-16(15)21)17(22)20-10-12-3-6-14(24-2)7-4-12/h3-9,11,21H,10H2,1-2H3,(H,20,22). The number of methoxy groups -OCH3 is 1. The van der Waals surface area contributed by atoms with Gasteiger partial charge in [-0.1, -0.05) is 23.7 Å². The molecular formula is C18H18ClNO5. The van der Waals surface area contributed by atoms with Crippen molar-refractivity contribution in [1.82, 2.24) is 5.32 Å². The molecule has 0 aliphatic carbocycles. The fourth-order valence-corrected chi connectivity index (χ4v) is 2.20. The number of esters is 1. The number of carbonyl (C=O) groups excluding carboxylic acids is 2. The van der Waals surface area contributed by atoms with Crippen LogP contribution in [-0.2, 0) is 16.1 Å². The molecule has 0 aromatic heterocycles. The van der Waals surface area contributed by atoms with Gasteiger partial charge in [0.2, 0.25) is 0 Å². The van der Waals surface area contributed by atoms with Crippen molar-refractivity contribution in [1.29, 1.82) is 0 Å². The van der Waals surface area contributed by atoms with Crippen molar-refractivity contribution in [3.05, 3.63) is 58.6 Å². The number of halogens is 1. The van der Waals surface area contributed by atoms with Crippen molar-refractivity contribution in [3.8, 4) is 11.5 Å². The van der Waals surface area contributed by atoms with Crippen molar-refractivity contribution >= 4 is 23.5 Å². The Kier molecular flexibility index (Phi) is 6.25. The first-order valence-electron chi connectivity index (χ1n) is 7.51. The number of phenols is 1. The molecule has 0 saturated carbocycles. The summed E-state index contributed by atoms with van der Waals surface area (Å²) in [6, 6.07) is 11.2. The minimum atomic E-state index is -1.02. The van der Waals surface area contributed by atoms with Gasteiger partial charge in [-0.3, -0.25) is 4.79 Å². The van der Waals surface area contributed by atoms with Gasteiger partial charge in [-0.2, -0.15) is 0 Å². The largest absolute Gasteiger partial charge is 0.507 e. The Morgan fingerprint density at radius 1 is 1.20 bits per heavy atom. The summed E-state index contributed by atoms with van der Waals surface area (Å²) in [6.45, 7) is 1.73. The molecule has 0 heterocycles. The smallest absolute Gasteiger partial charge is 0.342 e. The van der Waals surface area contributed by atoms with E-state index in [9.17, 15) is 14.7 Å². The zero-order chi connectivity index (χ0) is 18.4. The van der Waals surface area contributed by atoms with Gasteiger partial charge >= 0.3 is 5.97 Å². The highest BCUT2D eigenvalue weighted by atomic mass is 35.5. The lowest BCUT2D eigenvalue weighted by atomic mass is 10.2. The van der Waals surface area contributed by atoms with Crippen LogP contribution in [0.3, 0.4) is 0 Å². The first-order chi connectivity index (χ1) is 11.9. The number of carbonyl (C=O) groups is 2. The summed E-state index contributed by atoms with van der Waals surface area (Å²) in [5.74, 6) is -0.822. The van der Waals surface area contributed by atoms with Gasteiger partial charge in [-0.15, -0.1) is 0 Å². The SMILES string of the molecule is COc1ccc(CNC(=O)C(C)OC(=O)c2cc(Cl)ccc2O)cc1. The second-order valence-corrected chi connectivity index (χ2v) is 5.71. The summed E-state index contributed by atoms with van der Waals surface area (Å²) < 4.78 is 10.1. The topological polar surface area (TPSA) is 84.9 Å². The van der Waals surface area contributed by atoms with Crippen molar-refractivity contribution in [2.45, 2.75) is 19.6 Å². The van der Waals surface area contributed by atoms with E-state index in [4.69, 9.17) is 21.1 Å². The molecule has 0 radical (unpaired) electrons. The molecule has 1 atom stereocenters. The van der Waals surface area contributed by atoms with Crippen LogP contribution in [0.4, 0.5) is 0 Å². The van der Waals surface area contributed by atoms with Gasteiger partial charge in [0, 0.05) is 11.6 Å². The molecule has 2 aromatic rings. The molecule has 7 heteroatoms. The Morgan fingerprint density at radius 3 is 2.52 bits per heavy atom. The van der Waals surface area contributed by atoms with Crippen LogP contribution >= 0.6 is 11.6 Å². The van der Waals surface area contributed by atoms with Gasteiger partial charge in [0.15, 0.2) is 6.10 Å². The van der Waals surface area contributed by atoms with E-state index in [1.165, 1.54) is 25.1 Å². The van der Waals surface area contributed by atoms with Crippen molar-refractivity contribution < 1.29 is 24.2 Å². The maximum absolute atomic E-state index is 12.1. The molecule has 0 bridgehead atoms. The number of amides is 1. The third-order valence-electron chi connectivity index (χ3n) is 3.46. The molecule has 2 aromatic carbocycles. The number of aromatic hydroxyl groups is 1. The average molecular weight is 364 g/mol. The number of hydrogen-bond donors (Lipinski definition) is 2. The molecule has 6 nitrogen and oxygen atoms in total.